The minimum absolute atomic E-state index is 0.131. The van der Waals surface area contributed by atoms with Gasteiger partial charge in [-0.3, -0.25) is 4.79 Å². The van der Waals surface area contributed by atoms with Gasteiger partial charge in [0, 0.05) is 6.07 Å². The normalized spacial score (nSPS) is 12.3. The highest BCUT2D eigenvalue weighted by molar-refractivity contribution is 5.81. The van der Waals surface area contributed by atoms with Gasteiger partial charge in [0.05, 0.1) is 31.4 Å². The number of H-pyrrole nitrogens is 1. The number of hydrogen-bond acceptors (Lipinski definition) is 5. The number of rotatable bonds is 6. The molecule has 126 valence electrons. The second kappa shape index (κ2) is 6.76. The fourth-order valence-electron chi connectivity index (χ4n) is 2.57. The van der Waals surface area contributed by atoms with E-state index in [-0.39, 0.29) is 11.6 Å². The molecule has 0 aliphatic rings. The van der Waals surface area contributed by atoms with Gasteiger partial charge >= 0.3 is 0 Å². The Labute approximate surface area is 138 Å². The smallest absolute Gasteiger partial charge is 0.259 e. The number of hydrogen-bond donors (Lipinski definition) is 2. The first-order valence-electron chi connectivity index (χ1n) is 7.64. The van der Waals surface area contributed by atoms with Crippen molar-refractivity contribution < 1.29 is 19.2 Å². The van der Waals surface area contributed by atoms with Gasteiger partial charge in [0.25, 0.3) is 5.56 Å². The molecule has 0 unspecified atom stereocenters. The molecule has 3 N–H and O–H groups in total. The zero-order valence-corrected chi connectivity index (χ0v) is 13.8. The molecule has 0 spiro atoms. The van der Waals surface area contributed by atoms with Crippen LogP contribution in [0.2, 0.25) is 0 Å². The molecule has 1 aromatic carbocycles. The maximum Gasteiger partial charge on any atom is 0.259 e. The lowest BCUT2D eigenvalue weighted by atomic mass is 10.2. The molecule has 24 heavy (non-hydrogen) atoms. The fraction of sp³-hybridized carbons (Fsp3) is 0.294. The molecule has 0 saturated heterocycles. The molecule has 1 atom stereocenters. The van der Waals surface area contributed by atoms with Crippen LogP contribution in [0.1, 0.15) is 24.6 Å². The Morgan fingerprint density at radius 3 is 2.71 bits per heavy atom. The summed E-state index contributed by atoms with van der Waals surface area (Å²) in [5.41, 5.74) is 0.375. The van der Waals surface area contributed by atoms with E-state index in [1.54, 1.807) is 25.5 Å². The van der Waals surface area contributed by atoms with Gasteiger partial charge < -0.3 is 24.2 Å². The molecule has 7 nitrogen and oxygen atoms in total. The van der Waals surface area contributed by atoms with Crippen LogP contribution in [-0.2, 0) is 6.54 Å². The van der Waals surface area contributed by atoms with Gasteiger partial charge in [0.2, 0.25) is 0 Å². The minimum atomic E-state index is -0.199. The molecule has 3 aromatic rings. The maximum absolute atomic E-state index is 12.3. The second-order valence-electron chi connectivity index (χ2n) is 5.48. The Morgan fingerprint density at radius 1 is 1.29 bits per heavy atom. The van der Waals surface area contributed by atoms with Crippen LogP contribution in [0, 0.1) is 0 Å². The van der Waals surface area contributed by atoms with Crippen molar-refractivity contribution in [2.45, 2.75) is 19.5 Å². The van der Waals surface area contributed by atoms with Crippen LogP contribution in [0.4, 0.5) is 0 Å². The summed E-state index contributed by atoms with van der Waals surface area (Å²) in [7, 11) is 3.08. The Bertz CT molecular complexity index is 887. The maximum atomic E-state index is 12.3. The van der Waals surface area contributed by atoms with Crippen LogP contribution in [-0.4, -0.2) is 24.2 Å². The first kappa shape index (κ1) is 16.1. The number of methoxy groups -OCH3 is 2. The molecule has 0 radical (unpaired) electrons. The number of furan rings is 1. The van der Waals surface area contributed by atoms with E-state index in [4.69, 9.17) is 13.9 Å². The average Bonchev–Trinajstić information content (AvgIpc) is 3.13. The Balaban J connectivity index is 1.88. The Hall–Kier alpha value is -2.80. The number of nitrogens with one attached hydrogen (secondary N) is 1. The van der Waals surface area contributed by atoms with Crippen molar-refractivity contribution in [1.29, 1.82) is 0 Å². The van der Waals surface area contributed by atoms with E-state index < -0.39 is 0 Å². The van der Waals surface area contributed by atoms with Crippen LogP contribution in [0.3, 0.4) is 0 Å². The number of ether oxygens (including phenoxy) is 2. The SMILES string of the molecule is COc1cc2nc(C[NH2+][C@H](C)c3ccco3)[nH]c(=O)c2cc1OC. The number of nitrogens with two attached hydrogens (primary N) is 1. The first-order valence-corrected chi connectivity index (χ1v) is 7.64. The number of fused-ring (bicyclic) bond motifs is 1. The van der Waals surface area contributed by atoms with Crippen molar-refractivity contribution in [3.8, 4) is 11.5 Å². The molecular weight excluding hydrogens is 310 g/mol. The van der Waals surface area contributed by atoms with Crippen molar-refractivity contribution in [2.24, 2.45) is 0 Å². The highest BCUT2D eigenvalue weighted by atomic mass is 16.5. The standard InChI is InChI=1S/C17H19N3O4/c1-10(13-5-4-6-24-13)18-9-16-19-12-8-15(23-3)14(22-2)7-11(12)17(21)20-16/h4-8,10,18H,9H2,1-3H3,(H,19,20,21)/p+1/t10-/m1/s1. The summed E-state index contributed by atoms with van der Waals surface area (Å²) in [5.74, 6) is 2.52. The van der Waals surface area contributed by atoms with Gasteiger partial charge in [-0.2, -0.15) is 0 Å². The van der Waals surface area contributed by atoms with Crippen molar-refractivity contribution in [3.63, 3.8) is 0 Å². The molecule has 2 heterocycles. The third-order valence-electron chi connectivity index (χ3n) is 3.92. The number of aromatic amines is 1. The predicted molar refractivity (Wildman–Crippen MR) is 88.2 cm³/mol. The van der Waals surface area contributed by atoms with Crippen LogP contribution >= 0.6 is 0 Å². The molecule has 0 amide bonds. The highest BCUT2D eigenvalue weighted by Gasteiger charge is 2.14. The minimum Gasteiger partial charge on any atom is -0.493 e. The zero-order chi connectivity index (χ0) is 17.1. The molecule has 0 fully saturated rings. The van der Waals surface area contributed by atoms with Crippen LogP contribution in [0.15, 0.2) is 39.7 Å². The lowest BCUT2D eigenvalue weighted by molar-refractivity contribution is -0.710. The topological polar surface area (TPSA) is 94.0 Å². The molecule has 3 rings (SSSR count). The average molecular weight is 330 g/mol. The van der Waals surface area contributed by atoms with Crippen molar-refractivity contribution in [1.82, 2.24) is 9.97 Å². The monoisotopic (exact) mass is 330 g/mol. The van der Waals surface area contributed by atoms with Gasteiger partial charge in [0.15, 0.2) is 23.1 Å². The van der Waals surface area contributed by atoms with E-state index >= 15 is 0 Å². The van der Waals surface area contributed by atoms with Crippen LogP contribution in [0.25, 0.3) is 10.9 Å². The van der Waals surface area contributed by atoms with Gasteiger partial charge in [-0.1, -0.05) is 0 Å². The lowest BCUT2D eigenvalue weighted by Gasteiger charge is -2.10. The molecule has 7 heteroatoms. The molecule has 0 aliphatic carbocycles. The highest BCUT2D eigenvalue weighted by Crippen LogP contribution is 2.29. The molecular formula is C17H20N3O4+. The summed E-state index contributed by atoms with van der Waals surface area (Å²) in [6.45, 7) is 2.56. The molecule has 2 aromatic heterocycles. The summed E-state index contributed by atoms with van der Waals surface area (Å²) < 4.78 is 15.9. The van der Waals surface area contributed by atoms with E-state index in [9.17, 15) is 4.79 Å². The number of aromatic nitrogens is 2. The second-order valence-corrected chi connectivity index (χ2v) is 5.48. The summed E-state index contributed by atoms with van der Waals surface area (Å²) in [6, 6.07) is 7.26. The number of nitrogens with zero attached hydrogens (tertiary/aromatic N) is 1. The van der Waals surface area contributed by atoms with Crippen molar-refractivity contribution in [3.05, 3.63) is 52.5 Å². The van der Waals surface area contributed by atoms with Gasteiger partial charge in [-0.05, 0) is 25.1 Å². The Morgan fingerprint density at radius 2 is 2.04 bits per heavy atom. The summed E-state index contributed by atoms with van der Waals surface area (Å²) in [6.07, 6.45) is 1.65. The number of benzene rings is 1. The summed E-state index contributed by atoms with van der Waals surface area (Å²) in [5, 5.41) is 2.51. The zero-order valence-electron chi connectivity index (χ0n) is 13.8. The summed E-state index contributed by atoms with van der Waals surface area (Å²) in [4.78, 5) is 19.7. The first-order chi connectivity index (χ1) is 11.6. The largest absolute Gasteiger partial charge is 0.493 e. The summed E-state index contributed by atoms with van der Waals surface area (Å²) >= 11 is 0. The van der Waals surface area contributed by atoms with E-state index in [0.29, 0.717) is 34.8 Å². The Kier molecular flexibility index (Phi) is 4.52. The quantitative estimate of drug-likeness (QED) is 0.712. The molecule has 0 aliphatic heterocycles. The van der Waals surface area contributed by atoms with Crippen molar-refractivity contribution in [2.75, 3.05) is 14.2 Å². The van der Waals surface area contributed by atoms with E-state index in [1.165, 1.54) is 7.11 Å². The lowest BCUT2D eigenvalue weighted by Crippen LogP contribution is -2.83. The van der Waals surface area contributed by atoms with Gasteiger partial charge in [-0.15, -0.1) is 0 Å². The van der Waals surface area contributed by atoms with Gasteiger partial charge in [-0.25, -0.2) is 4.98 Å². The van der Waals surface area contributed by atoms with Crippen molar-refractivity contribution >= 4 is 10.9 Å². The van der Waals surface area contributed by atoms with E-state index in [0.717, 1.165) is 5.76 Å². The fourth-order valence-corrected chi connectivity index (χ4v) is 2.57. The number of quaternary nitrogens is 1. The molecule has 0 bridgehead atoms. The third-order valence-corrected chi connectivity index (χ3v) is 3.92. The molecule has 0 saturated carbocycles. The van der Waals surface area contributed by atoms with Crippen LogP contribution in [0.5, 0.6) is 11.5 Å². The van der Waals surface area contributed by atoms with E-state index in [1.807, 2.05) is 24.4 Å². The van der Waals surface area contributed by atoms with E-state index in [2.05, 4.69) is 9.97 Å². The van der Waals surface area contributed by atoms with Gasteiger partial charge in [0.1, 0.15) is 12.6 Å². The third kappa shape index (κ3) is 3.11. The predicted octanol–water partition coefficient (Wildman–Crippen LogP) is 1.36. The van der Waals surface area contributed by atoms with Crippen LogP contribution < -0.4 is 20.3 Å².